The van der Waals surface area contributed by atoms with E-state index in [1.54, 1.807) is 23.7 Å². The van der Waals surface area contributed by atoms with Gasteiger partial charge in [0.1, 0.15) is 5.82 Å². The zero-order chi connectivity index (χ0) is 21.3. The lowest BCUT2D eigenvalue weighted by Gasteiger charge is -2.29. The lowest BCUT2D eigenvalue weighted by molar-refractivity contribution is -0.0471. The third-order valence-corrected chi connectivity index (χ3v) is 5.49. The van der Waals surface area contributed by atoms with Crippen LogP contribution in [0.3, 0.4) is 0 Å². The van der Waals surface area contributed by atoms with Crippen LogP contribution in [0.25, 0.3) is 11.0 Å². The van der Waals surface area contributed by atoms with Gasteiger partial charge in [-0.05, 0) is 55.2 Å². The number of nitrogens with zero attached hydrogens (tertiary/aromatic N) is 2. The highest BCUT2D eigenvalue weighted by Crippen LogP contribution is 2.38. The predicted octanol–water partition coefficient (Wildman–Crippen LogP) is 4.86. The smallest absolute Gasteiger partial charge is 0.274 e. The third kappa shape index (κ3) is 4.25. The van der Waals surface area contributed by atoms with Crippen molar-refractivity contribution in [3.63, 3.8) is 0 Å². The number of fused-ring (bicyclic) bond motifs is 1. The maximum atomic E-state index is 13.7. The van der Waals surface area contributed by atoms with Crippen molar-refractivity contribution in [2.45, 2.75) is 38.2 Å². The number of alkyl halides is 2. The minimum Gasteiger partial charge on any atom is -0.326 e. The van der Waals surface area contributed by atoms with Gasteiger partial charge in [-0.2, -0.15) is 0 Å². The summed E-state index contributed by atoms with van der Waals surface area (Å²) in [7, 11) is 0. The molecule has 1 aliphatic rings. The molecular formula is C21H21F3N4O2. The topological polar surface area (TPSA) is 79.2 Å². The van der Waals surface area contributed by atoms with Crippen LogP contribution in [0.4, 0.5) is 24.8 Å². The fraction of sp³-hybridized carbons (Fsp3) is 0.333. The number of hydrogen-bond donors (Lipinski definition) is 3. The molecule has 3 N–H and O–H groups in total. The van der Waals surface area contributed by atoms with E-state index >= 15 is 0 Å². The molecule has 1 amide bonds. The van der Waals surface area contributed by atoms with Crippen molar-refractivity contribution in [2.75, 3.05) is 5.32 Å². The van der Waals surface area contributed by atoms with E-state index in [9.17, 15) is 18.0 Å². The number of amides is 1. The Balaban J connectivity index is 1.62. The number of carbonyl (C=O) groups is 1. The molecule has 0 unspecified atom stereocenters. The van der Waals surface area contributed by atoms with Crippen LogP contribution in [-0.4, -0.2) is 26.6 Å². The Labute approximate surface area is 170 Å². The highest BCUT2D eigenvalue weighted by molar-refractivity contribution is 5.93. The third-order valence-electron chi connectivity index (χ3n) is 5.49. The Bertz CT molecular complexity index is 1060. The first-order chi connectivity index (χ1) is 14.3. The molecule has 0 atom stereocenters. The maximum absolute atomic E-state index is 13.7. The molecule has 0 spiro atoms. The lowest BCUT2D eigenvalue weighted by atomic mass is 9.86. The van der Waals surface area contributed by atoms with Crippen LogP contribution in [0, 0.1) is 11.7 Å². The van der Waals surface area contributed by atoms with Gasteiger partial charge in [0.15, 0.2) is 0 Å². The quantitative estimate of drug-likeness (QED) is 0.408. The normalized spacial score (nSPS) is 16.5. The van der Waals surface area contributed by atoms with Crippen molar-refractivity contribution in [3.8, 4) is 0 Å². The van der Waals surface area contributed by atoms with Gasteiger partial charge < -0.3 is 9.88 Å². The van der Waals surface area contributed by atoms with E-state index in [2.05, 4.69) is 10.3 Å². The Morgan fingerprint density at radius 1 is 1.17 bits per heavy atom. The van der Waals surface area contributed by atoms with Gasteiger partial charge in [-0.25, -0.2) is 23.6 Å². The molecule has 4 rings (SSSR count). The Kier molecular flexibility index (Phi) is 5.38. The first-order valence-corrected chi connectivity index (χ1v) is 9.70. The molecular weight excluding hydrogens is 397 g/mol. The van der Waals surface area contributed by atoms with E-state index in [0.29, 0.717) is 42.1 Å². The number of hydroxylamine groups is 1. The highest BCUT2D eigenvalue weighted by Gasteiger charge is 2.35. The van der Waals surface area contributed by atoms with Gasteiger partial charge in [-0.1, -0.05) is 0 Å². The molecule has 0 radical (unpaired) electrons. The van der Waals surface area contributed by atoms with Gasteiger partial charge in [0.2, 0.25) is 11.9 Å². The van der Waals surface area contributed by atoms with Crippen LogP contribution in [-0.2, 0) is 6.54 Å². The fourth-order valence-electron chi connectivity index (χ4n) is 3.82. The molecule has 1 saturated carbocycles. The van der Waals surface area contributed by atoms with Gasteiger partial charge in [-0.15, -0.1) is 0 Å². The molecule has 158 valence electrons. The van der Waals surface area contributed by atoms with Gasteiger partial charge in [0.05, 0.1) is 11.0 Å². The summed E-state index contributed by atoms with van der Waals surface area (Å²) in [5.41, 5.74) is 3.67. The van der Waals surface area contributed by atoms with E-state index in [0.717, 1.165) is 0 Å². The number of aromatic nitrogens is 2. The molecule has 0 aliphatic heterocycles. The summed E-state index contributed by atoms with van der Waals surface area (Å²) in [5, 5.41) is 11.9. The summed E-state index contributed by atoms with van der Waals surface area (Å²) >= 11 is 0. The van der Waals surface area contributed by atoms with Crippen molar-refractivity contribution in [1.82, 2.24) is 15.0 Å². The van der Waals surface area contributed by atoms with Crippen molar-refractivity contribution in [2.24, 2.45) is 5.92 Å². The molecule has 6 nitrogen and oxygen atoms in total. The minimum atomic E-state index is -2.60. The second-order valence-electron chi connectivity index (χ2n) is 7.62. The molecule has 9 heteroatoms. The van der Waals surface area contributed by atoms with Crippen LogP contribution in [0.5, 0.6) is 0 Å². The molecule has 3 aromatic rings. The van der Waals surface area contributed by atoms with Crippen LogP contribution in [0.1, 0.15) is 36.0 Å². The number of rotatable bonds is 5. The van der Waals surface area contributed by atoms with Crippen molar-refractivity contribution in [1.29, 1.82) is 0 Å². The number of anilines is 2. The summed E-state index contributed by atoms with van der Waals surface area (Å²) in [5.74, 6) is -3.09. The van der Waals surface area contributed by atoms with E-state index in [1.807, 2.05) is 4.57 Å². The number of imidazole rings is 1. The minimum absolute atomic E-state index is 0.0725. The molecule has 2 aromatic carbocycles. The van der Waals surface area contributed by atoms with Crippen LogP contribution in [0.15, 0.2) is 42.5 Å². The largest absolute Gasteiger partial charge is 0.326 e. The number of halogens is 3. The molecule has 1 aromatic heterocycles. The Morgan fingerprint density at radius 3 is 2.53 bits per heavy atom. The molecule has 0 bridgehead atoms. The SMILES string of the molecule is O=C(NO)c1ccc(Nc2nc3cc(F)ccc3n2CC2CCC(F)(F)CC2)cc1. The van der Waals surface area contributed by atoms with E-state index < -0.39 is 17.6 Å². The van der Waals surface area contributed by atoms with Crippen LogP contribution >= 0.6 is 0 Å². The van der Waals surface area contributed by atoms with Gasteiger partial charge in [-0.3, -0.25) is 10.0 Å². The zero-order valence-corrected chi connectivity index (χ0v) is 16.0. The standard InChI is InChI=1S/C21H21F3N4O2/c22-15-3-6-18-17(11-15)26-20(25-16-4-1-14(2-5-16)19(29)27-30)28(18)12-13-7-9-21(23,24)10-8-13/h1-6,11,13,30H,7-10,12H2,(H,25,26)(H,27,29). The number of nitrogens with one attached hydrogen (secondary N) is 2. The molecule has 1 aliphatic carbocycles. The molecule has 30 heavy (non-hydrogen) atoms. The zero-order valence-electron chi connectivity index (χ0n) is 16.0. The molecule has 1 fully saturated rings. The van der Waals surface area contributed by atoms with E-state index in [-0.39, 0.29) is 24.3 Å². The molecule has 1 heterocycles. The summed E-state index contributed by atoms with van der Waals surface area (Å²) in [6.45, 7) is 0.492. The van der Waals surface area contributed by atoms with Crippen molar-refractivity contribution < 1.29 is 23.2 Å². The van der Waals surface area contributed by atoms with Crippen LogP contribution in [0.2, 0.25) is 0 Å². The maximum Gasteiger partial charge on any atom is 0.274 e. The number of benzene rings is 2. The first kappa shape index (κ1) is 20.2. The first-order valence-electron chi connectivity index (χ1n) is 9.70. The van der Waals surface area contributed by atoms with E-state index in [1.165, 1.54) is 24.3 Å². The van der Waals surface area contributed by atoms with Crippen LogP contribution < -0.4 is 10.8 Å². The summed E-state index contributed by atoms with van der Waals surface area (Å²) in [6.07, 6.45) is 0.572. The molecule has 0 saturated heterocycles. The average Bonchev–Trinajstić information content (AvgIpc) is 3.05. The number of hydrogen-bond acceptors (Lipinski definition) is 4. The summed E-state index contributed by atoms with van der Waals surface area (Å²) < 4.78 is 42.6. The predicted molar refractivity (Wildman–Crippen MR) is 106 cm³/mol. The summed E-state index contributed by atoms with van der Waals surface area (Å²) in [4.78, 5) is 15.9. The second kappa shape index (κ2) is 7.98. The van der Waals surface area contributed by atoms with Gasteiger partial charge in [0, 0.05) is 36.7 Å². The van der Waals surface area contributed by atoms with Gasteiger partial charge >= 0.3 is 0 Å². The summed E-state index contributed by atoms with van der Waals surface area (Å²) in [6, 6.07) is 10.7. The highest BCUT2D eigenvalue weighted by atomic mass is 19.3. The van der Waals surface area contributed by atoms with Crippen molar-refractivity contribution >= 4 is 28.6 Å². The number of carbonyl (C=O) groups excluding carboxylic acids is 1. The monoisotopic (exact) mass is 418 g/mol. The fourth-order valence-corrected chi connectivity index (χ4v) is 3.82. The Morgan fingerprint density at radius 2 is 1.87 bits per heavy atom. The van der Waals surface area contributed by atoms with Crippen molar-refractivity contribution in [3.05, 3.63) is 53.8 Å². The Hall–Kier alpha value is -3.07. The average molecular weight is 418 g/mol. The second-order valence-corrected chi connectivity index (χ2v) is 7.62. The lowest BCUT2D eigenvalue weighted by Crippen LogP contribution is -2.27. The van der Waals surface area contributed by atoms with Gasteiger partial charge in [0.25, 0.3) is 5.91 Å². The van der Waals surface area contributed by atoms with E-state index in [4.69, 9.17) is 5.21 Å².